The number of aromatic nitrogens is 5. The van der Waals surface area contributed by atoms with Crippen molar-refractivity contribution in [2.45, 2.75) is 63.8 Å². The Labute approximate surface area is 218 Å². The number of anilines is 2. The van der Waals surface area contributed by atoms with Crippen molar-refractivity contribution in [3.8, 4) is 17.1 Å². The van der Waals surface area contributed by atoms with Crippen molar-refractivity contribution >= 4 is 11.6 Å². The van der Waals surface area contributed by atoms with Gasteiger partial charge in [-0.05, 0) is 111 Å². The zero-order chi connectivity index (χ0) is 24.6. The van der Waals surface area contributed by atoms with E-state index in [4.69, 9.17) is 0 Å². The van der Waals surface area contributed by atoms with Crippen molar-refractivity contribution < 1.29 is 0 Å². The zero-order valence-electron chi connectivity index (χ0n) is 21.2. The number of rotatable bonds is 4. The van der Waals surface area contributed by atoms with E-state index in [1.54, 1.807) is 11.0 Å². The van der Waals surface area contributed by atoms with E-state index in [-0.39, 0.29) is 0 Å². The van der Waals surface area contributed by atoms with Gasteiger partial charge in [0.25, 0.3) is 0 Å². The summed E-state index contributed by atoms with van der Waals surface area (Å²) in [4.78, 5) is 7.23. The Morgan fingerprint density at radius 1 is 0.757 bits per heavy atom. The summed E-state index contributed by atoms with van der Waals surface area (Å²) in [6, 6.07) is 18.2. The minimum Gasteiger partial charge on any atom is -0.324 e. The predicted octanol–water partition coefficient (Wildman–Crippen LogP) is 5.30. The van der Waals surface area contributed by atoms with Crippen LogP contribution in [0, 0.1) is 0 Å². The molecule has 1 N–H and O–H groups in total. The molecule has 3 aliphatic rings. The summed E-state index contributed by atoms with van der Waals surface area (Å²) in [5.41, 5.74) is 8.75. The molecule has 7 rings (SSSR count). The van der Waals surface area contributed by atoms with Gasteiger partial charge in [-0.15, -0.1) is 10.2 Å². The van der Waals surface area contributed by atoms with Gasteiger partial charge in [-0.1, -0.05) is 30.3 Å². The fourth-order valence-electron chi connectivity index (χ4n) is 6.44. The Hall–Kier alpha value is -3.58. The molecule has 2 aromatic heterocycles. The third-order valence-electron chi connectivity index (χ3n) is 8.40. The first-order valence-electron chi connectivity index (χ1n) is 13.8. The van der Waals surface area contributed by atoms with Gasteiger partial charge >= 0.3 is 0 Å². The largest absolute Gasteiger partial charge is 0.324 e. The van der Waals surface area contributed by atoms with E-state index in [0.717, 1.165) is 43.1 Å². The average molecular weight is 492 g/mol. The summed E-state index contributed by atoms with van der Waals surface area (Å²) >= 11 is 0. The lowest BCUT2D eigenvalue weighted by Crippen LogP contribution is -2.32. The summed E-state index contributed by atoms with van der Waals surface area (Å²) in [7, 11) is 0. The van der Waals surface area contributed by atoms with Gasteiger partial charge in [-0.25, -0.2) is 0 Å². The lowest BCUT2D eigenvalue weighted by atomic mass is 10.0. The first-order chi connectivity index (χ1) is 18.3. The number of nitrogens with zero attached hydrogens (tertiary/aromatic N) is 6. The van der Waals surface area contributed by atoms with E-state index >= 15 is 0 Å². The molecular weight excluding hydrogens is 458 g/mol. The summed E-state index contributed by atoms with van der Waals surface area (Å²) in [5, 5.41) is 17.2. The number of benzene rings is 2. The molecule has 0 spiro atoms. The molecular formula is C30H33N7. The van der Waals surface area contributed by atoms with Gasteiger partial charge in [0.15, 0.2) is 5.82 Å². The zero-order valence-corrected chi connectivity index (χ0v) is 21.2. The van der Waals surface area contributed by atoms with Crippen LogP contribution in [0.1, 0.15) is 54.4 Å². The molecule has 3 heterocycles. The third kappa shape index (κ3) is 4.42. The highest BCUT2D eigenvalue weighted by molar-refractivity contribution is 5.68. The molecule has 2 aliphatic carbocycles. The lowest BCUT2D eigenvalue weighted by molar-refractivity contribution is 0.222. The Bertz CT molecular complexity index is 1420. The van der Waals surface area contributed by atoms with Crippen molar-refractivity contribution in [1.29, 1.82) is 0 Å². The second-order valence-electron chi connectivity index (χ2n) is 10.7. The Morgan fingerprint density at radius 3 is 2.51 bits per heavy atom. The SMILES string of the molecule is c1ccc2c(c1)CCCc1cc(-n3ncnc3Nc3ccc4c(c3)CCC(N3CCCC3)CC4)nnc1-2. The molecule has 1 fully saturated rings. The van der Waals surface area contributed by atoms with Gasteiger partial charge < -0.3 is 10.2 Å². The van der Waals surface area contributed by atoms with Crippen molar-refractivity contribution in [3.63, 3.8) is 0 Å². The molecule has 1 saturated heterocycles. The van der Waals surface area contributed by atoms with E-state index in [1.165, 1.54) is 73.0 Å². The van der Waals surface area contributed by atoms with E-state index in [2.05, 4.69) is 79.0 Å². The Kier molecular flexibility index (Phi) is 5.93. The van der Waals surface area contributed by atoms with Crippen molar-refractivity contribution in [2.24, 2.45) is 0 Å². The van der Waals surface area contributed by atoms with E-state index < -0.39 is 0 Å². The molecule has 0 saturated carbocycles. The number of aryl methyl sites for hydroxylation is 4. The van der Waals surface area contributed by atoms with Crippen LogP contribution in [0.4, 0.5) is 11.6 Å². The molecule has 1 unspecified atom stereocenters. The number of nitrogens with one attached hydrogen (secondary N) is 1. The highest BCUT2D eigenvalue weighted by atomic mass is 15.4. The van der Waals surface area contributed by atoms with Crippen LogP contribution < -0.4 is 5.32 Å². The smallest absolute Gasteiger partial charge is 0.232 e. The van der Waals surface area contributed by atoms with Crippen molar-refractivity contribution in [2.75, 3.05) is 18.4 Å². The van der Waals surface area contributed by atoms with Crippen molar-refractivity contribution in [1.82, 2.24) is 29.9 Å². The van der Waals surface area contributed by atoms with Crippen LogP contribution in [0.2, 0.25) is 0 Å². The molecule has 4 aromatic rings. The summed E-state index contributed by atoms with van der Waals surface area (Å²) in [5.74, 6) is 1.35. The normalized spacial score (nSPS) is 19.4. The molecule has 37 heavy (non-hydrogen) atoms. The summed E-state index contributed by atoms with van der Waals surface area (Å²) < 4.78 is 1.76. The van der Waals surface area contributed by atoms with Crippen molar-refractivity contribution in [3.05, 3.63) is 77.1 Å². The highest BCUT2D eigenvalue weighted by Gasteiger charge is 2.25. The third-order valence-corrected chi connectivity index (χ3v) is 8.40. The maximum Gasteiger partial charge on any atom is 0.232 e. The molecule has 188 valence electrons. The van der Waals surface area contributed by atoms with Crippen LogP contribution in [0.25, 0.3) is 17.1 Å². The van der Waals surface area contributed by atoms with Crippen LogP contribution in [-0.4, -0.2) is 49.0 Å². The van der Waals surface area contributed by atoms with Gasteiger partial charge in [-0.3, -0.25) is 0 Å². The molecule has 1 atom stereocenters. The van der Waals surface area contributed by atoms with Gasteiger partial charge in [0.2, 0.25) is 5.95 Å². The standard InChI is InChI=1S/C30H33N7/c1-2-9-27-22(6-1)7-5-8-24-19-28(34-35-29(24)27)37-30(31-20-32-37)33-25-13-10-21-11-14-26(15-12-23(21)18-25)36-16-3-4-17-36/h1-2,6,9-10,13,18-20,26H,3-5,7-8,11-12,14-17H2,(H,31,32,33). The maximum absolute atomic E-state index is 4.66. The van der Waals surface area contributed by atoms with Gasteiger partial charge in [0.05, 0.1) is 5.69 Å². The molecule has 0 amide bonds. The minimum absolute atomic E-state index is 0.659. The van der Waals surface area contributed by atoms with Crippen LogP contribution in [0.3, 0.4) is 0 Å². The molecule has 7 heteroatoms. The van der Waals surface area contributed by atoms with Gasteiger partial charge in [0.1, 0.15) is 6.33 Å². The van der Waals surface area contributed by atoms with Gasteiger partial charge in [-0.2, -0.15) is 14.8 Å². The highest BCUT2D eigenvalue weighted by Crippen LogP contribution is 2.32. The minimum atomic E-state index is 0.659. The lowest BCUT2D eigenvalue weighted by Gasteiger charge is -2.25. The number of fused-ring (bicyclic) bond motifs is 4. The Balaban J connectivity index is 1.13. The first-order valence-corrected chi connectivity index (χ1v) is 13.8. The Morgan fingerprint density at radius 2 is 1.59 bits per heavy atom. The number of hydrogen-bond acceptors (Lipinski definition) is 6. The maximum atomic E-state index is 4.66. The van der Waals surface area contributed by atoms with Crippen LogP contribution in [0.5, 0.6) is 0 Å². The van der Waals surface area contributed by atoms with Gasteiger partial charge in [0, 0.05) is 17.3 Å². The second-order valence-corrected chi connectivity index (χ2v) is 10.7. The quantitative estimate of drug-likeness (QED) is 0.391. The van der Waals surface area contributed by atoms with E-state index in [1.807, 2.05) is 0 Å². The molecule has 0 radical (unpaired) electrons. The fourth-order valence-corrected chi connectivity index (χ4v) is 6.44. The molecule has 1 aliphatic heterocycles. The average Bonchev–Trinajstić information content (AvgIpc) is 3.54. The summed E-state index contributed by atoms with van der Waals surface area (Å²) in [6.45, 7) is 2.56. The topological polar surface area (TPSA) is 71.8 Å². The molecule has 2 aromatic carbocycles. The predicted molar refractivity (Wildman–Crippen MR) is 145 cm³/mol. The van der Waals surface area contributed by atoms with E-state index in [0.29, 0.717) is 11.8 Å². The van der Waals surface area contributed by atoms with E-state index in [9.17, 15) is 0 Å². The fraction of sp³-hybridized carbons (Fsp3) is 0.400. The van der Waals surface area contributed by atoms with Crippen LogP contribution >= 0.6 is 0 Å². The summed E-state index contributed by atoms with van der Waals surface area (Å²) in [6.07, 6.45) is 12.3. The van der Waals surface area contributed by atoms with Crippen LogP contribution in [-0.2, 0) is 25.7 Å². The second kappa shape index (κ2) is 9.71. The molecule has 7 nitrogen and oxygen atoms in total. The monoisotopic (exact) mass is 491 g/mol. The molecule has 0 bridgehead atoms. The number of hydrogen-bond donors (Lipinski definition) is 1. The first kappa shape index (κ1) is 22.6. The van der Waals surface area contributed by atoms with Crippen LogP contribution in [0.15, 0.2) is 54.9 Å². The number of likely N-dealkylation sites (tertiary alicyclic amines) is 1.